The summed E-state index contributed by atoms with van der Waals surface area (Å²) in [6, 6.07) is 20.0. The van der Waals surface area contributed by atoms with Crippen LogP contribution in [-0.4, -0.2) is 35.3 Å². The lowest BCUT2D eigenvalue weighted by molar-refractivity contribution is 0.0941. The molecule has 4 aromatic heterocycles. The van der Waals surface area contributed by atoms with Gasteiger partial charge in [-0.2, -0.15) is 5.10 Å². The van der Waals surface area contributed by atoms with Crippen LogP contribution < -0.4 is 16.6 Å². The Morgan fingerprint density at radius 1 is 1.05 bits per heavy atom. The van der Waals surface area contributed by atoms with Crippen LogP contribution in [0, 0.1) is 0 Å². The van der Waals surface area contributed by atoms with Crippen LogP contribution in [0.15, 0.2) is 90.1 Å². The molecule has 0 aliphatic heterocycles. The van der Waals surface area contributed by atoms with Gasteiger partial charge < -0.3 is 11.1 Å². The molecule has 4 N–H and O–H groups in total. The van der Waals surface area contributed by atoms with E-state index < -0.39 is 11.9 Å². The van der Waals surface area contributed by atoms with Crippen LogP contribution in [0.4, 0.5) is 5.82 Å². The predicted molar refractivity (Wildman–Crippen MR) is 150 cm³/mol. The summed E-state index contributed by atoms with van der Waals surface area (Å²) < 4.78 is 3.10. The summed E-state index contributed by atoms with van der Waals surface area (Å²) >= 11 is 0. The Labute approximate surface area is 222 Å². The van der Waals surface area contributed by atoms with Crippen molar-refractivity contribution in [1.82, 2.24) is 34.7 Å². The number of hydrogen-bond donors (Lipinski definition) is 3. The van der Waals surface area contributed by atoms with Crippen molar-refractivity contribution in [2.24, 2.45) is 0 Å². The molecule has 6 aromatic rings. The second kappa shape index (κ2) is 9.75. The zero-order chi connectivity index (χ0) is 26.9. The number of anilines is 1. The number of pyridine rings is 1. The van der Waals surface area contributed by atoms with Crippen molar-refractivity contribution in [3.05, 3.63) is 118 Å². The van der Waals surface area contributed by atoms with Crippen molar-refractivity contribution in [2.75, 3.05) is 5.73 Å². The van der Waals surface area contributed by atoms with Gasteiger partial charge in [-0.3, -0.25) is 19.3 Å². The molecule has 0 fully saturated rings. The third-order valence-electron chi connectivity index (χ3n) is 6.53. The summed E-state index contributed by atoms with van der Waals surface area (Å²) in [6.45, 7) is 1.83. The monoisotopic (exact) mass is 516 g/mol. The van der Waals surface area contributed by atoms with E-state index in [2.05, 4.69) is 25.6 Å². The van der Waals surface area contributed by atoms with E-state index >= 15 is 0 Å². The zero-order valence-electron chi connectivity index (χ0n) is 20.9. The van der Waals surface area contributed by atoms with Crippen LogP contribution >= 0.6 is 0 Å². The molecule has 1 atom stereocenters. The van der Waals surface area contributed by atoms with Crippen molar-refractivity contribution in [3.63, 3.8) is 0 Å². The van der Waals surface area contributed by atoms with Crippen LogP contribution in [0.3, 0.4) is 0 Å². The Hall–Kier alpha value is -5.51. The zero-order valence-corrected chi connectivity index (χ0v) is 20.9. The summed E-state index contributed by atoms with van der Waals surface area (Å²) in [6.07, 6.45) is 8.68. The number of aromatic amines is 1. The van der Waals surface area contributed by atoms with Gasteiger partial charge in [-0.15, -0.1) is 5.10 Å². The number of nitrogens with one attached hydrogen (secondary N) is 2. The first-order valence-corrected chi connectivity index (χ1v) is 12.3. The van der Waals surface area contributed by atoms with E-state index in [0.29, 0.717) is 22.4 Å². The van der Waals surface area contributed by atoms with Gasteiger partial charge in [0.15, 0.2) is 11.5 Å². The normalized spacial score (nSPS) is 12.3. The van der Waals surface area contributed by atoms with Gasteiger partial charge in [0.05, 0.1) is 17.1 Å². The molecule has 192 valence electrons. The minimum atomic E-state index is -0.558. The molecule has 0 aliphatic rings. The molecule has 1 amide bonds. The van der Waals surface area contributed by atoms with E-state index in [4.69, 9.17) is 5.73 Å². The molecule has 10 heteroatoms. The van der Waals surface area contributed by atoms with Gasteiger partial charge in [0, 0.05) is 30.0 Å². The lowest BCUT2D eigenvalue weighted by Crippen LogP contribution is -2.32. The molecule has 0 aliphatic carbocycles. The fourth-order valence-electron chi connectivity index (χ4n) is 4.71. The number of rotatable bonds is 6. The van der Waals surface area contributed by atoms with E-state index in [9.17, 15) is 9.59 Å². The third kappa shape index (κ3) is 4.33. The van der Waals surface area contributed by atoms with Gasteiger partial charge in [0.1, 0.15) is 5.56 Å². The number of para-hydroxylation sites is 1. The van der Waals surface area contributed by atoms with Crippen molar-refractivity contribution in [3.8, 4) is 5.69 Å². The van der Waals surface area contributed by atoms with Crippen LogP contribution in [0.5, 0.6) is 0 Å². The van der Waals surface area contributed by atoms with Crippen LogP contribution in [0.25, 0.3) is 34.3 Å². The highest BCUT2D eigenvalue weighted by Crippen LogP contribution is 2.25. The first-order valence-electron chi connectivity index (χ1n) is 12.3. The van der Waals surface area contributed by atoms with E-state index in [1.54, 1.807) is 29.2 Å². The maximum Gasteiger partial charge on any atom is 0.263 e. The molecule has 4 heterocycles. The maximum absolute atomic E-state index is 14.1. The highest BCUT2D eigenvalue weighted by atomic mass is 16.2. The van der Waals surface area contributed by atoms with Crippen molar-refractivity contribution in [2.45, 2.75) is 13.0 Å². The predicted octanol–water partition coefficient (Wildman–Crippen LogP) is 4.00. The molecule has 1 unspecified atom stereocenters. The summed E-state index contributed by atoms with van der Waals surface area (Å²) in [7, 11) is 0. The molecule has 0 spiro atoms. The number of nitrogens with zero attached hydrogens (tertiary/aromatic N) is 5. The van der Waals surface area contributed by atoms with Gasteiger partial charge >= 0.3 is 0 Å². The Kier molecular flexibility index (Phi) is 5.96. The SMILES string of the molecule is CC(NC(=O)c1c(N)nn2cccnc12)c1cc2cccc(/C=C/c3ccn[nH]3)c2c(=O)n1-c1ccccc1. The van der Waals surface area contributed by atoms with Crippen LogP contribution in [0.1, 0.15) is 40.3 Å². The Morgan fingerprint density at radius 3 is 2.69 bits per heavy atom. The molecule has 39 heavy (non-hydrogen) atoms. The number of carbonyl (C=O) groups excluding carboxylic acids is 1. The lowest BCUT2D eigenvalue weighted by atomic mass is 10.0. The van der Waals surface area contributed by atoms with Gasteiger partial charge in [-0.25, -0.2) is 9.50 Å². The molecule has 0 saturated carbocycles. The minimum absolute atomic E-state index is 0.0751. The maximum atomic E-state index is 14.1. The average molecular weight is 517 g/mol. The molecule has 0 bridgehead atoms. The Bertz CT molecular complexity index is 1900. The topological polar surface area (TPSA) is 136 Å². The van der Waals surface area contributed by atoms with Gasteiger partial charge in [-0.1, -0.05) is 42.5 Å². The first kappa shape index (κ1) is 23.9. The highest BCUT2D eigenvalue weighted by molar-refractivity contribution is 6.04. The third-order valence-corrected chi connectivity index (χ3v) is 6.53. The molecular weight excluding hydrogens is 492 g/mol. The van der Waals surface area contributed by atoms with Gasteiger partial charge in [0.25, 0.3) is 11.5 Å². The number of nitrogen functional groups attached to an aromatic ring is 1. The lowest BCUT2D eigenvalue weighted by Gasteiger charge is -2.21. The number of fused-ring (bicyclic) bond motifs is 2. The summed E-state index contributed by atoms with van der Waals surface area (Å²) in [5.74, 6) is -0.358. The molecular formula is C29H24N8O2. The summed E-state index contributed by atoms with van der Waals surface area (Å²) in [4.78, 5) is 31.8. The van der Waals surface area contributed by atoms with E-state index in [-0.39, 0.29) is 16.9 Å². The molecule has 0 saturated heterocycles. The number of H-pyrrole nitrogens is 1. The molecule has 10 nitrogen and oxygen atoms in total. The molecule has 6 rings (SSSR count). The number of nitrogens with two attached hydrogens (primary N) is 1. The Morgan fingerprint density at radius 2 is 1.90 bits per heavy atom. The fraction of sp³-hybridized carbons (Fsp3) is 0.0690. The average Bonchev–Trinajstić information content (AvgIpc) is 3.59. The van der Waals surface area contributed by atoms with E-state index in [1.807, 2.05) is 79.7 Å². The van der Waals surface area contributed by atoms with Crippen molar-refractivity contribution in [1.29, 1.82) is 0 Å². The van der Waals surface area contributed by atoms with Crippen molar-refractivity contribution < 1.29 is 4.79 Å². The molecule has 0 radical (unpaired) electrons. The van der Waals surface area contributed by atoms with Gasteiger partial charge in [0.2, 0.25) is 0 Å². The van der Waals surface area contributed by atoms with Crippen LogP contribution in [0.2, 0.25) is 0 Å². The second-order valence-corrected chi connectivity index (χ2v) is 9.05. The van der Waals surface area contributed by atoms with Crippen LogP contribution in [-0.2, 0) is 0 Å². The van der Waals surface area contributed by atoms with E-state index in [0.717, 1.165) is 16.6 Å². The first-order chi connectivity index (χ1) is 19.0. The second-order valence-electron chi connectivity index (χ2n) is 9.05. The van der Waals surface area contributed by atoms with E-state index in [1.165, 1.54) is 4.52 Å². The number of amides is 1. The fourth-order valence-corrected chi connectivity index (χ4v) is 4.71. The largest absolute Gasteiger partial charge is 0.381 e. The van der Waals surface area contributed by atoms with Gasteiger partial charge in [-0.05, 0) is 54.3 Å². The van der Waals surface area contributed by atoms with Crippen molar-refractivity contribution >= 4 is 40.3 Å². The summed E-state index contributed by atoms with van der Waals surface area (Å²) in [5, 5.41) is 15.4. The number of hydrogen-bond acceptors (Lipinski definition) is 6. The summed E-state index contributed by atoms with van der Waals surface area (Å²) in [5.41, 5.74) is 9.30. The smallest absolute Gasteiger partial charge is 0.263 e. The Balaban J connectivity index is 1.47. The number of aromatic nitrogens is 6. The minimum Gasteiger partial charge on any atom is -0.381 e. The quantitative estimate of drug-likeness (QED) is 0.306. The highest BCUT2D eigenvalue weighted by Gasteiger charge is 2.23. The molecule has 2 aromatic carbocycles. The number of carbonyl (C=O) groups is 1. The number of benzene rings is 2. The standard InChI is InChI=1S/C29H24N8O2/c1-18(33-28(38)25-26(30)35-36-16-6-14-31-27(25)36)23-17-20-8-5-7-19(11-12-21-13-15-32-34-21)24(20)29(39)37(23)22-9-3-2-4-10-22/h2-18H,1H3,(H2,30,35)(H,32,34)(H,33,38)/b12-11+.